The molecule has 0 aliphatic carbocycles. The zero-order valence-corrected chi connectivity index (χ0v) is 17.4. The highest BCUT2D eigenvalue weighted by Crippen LogP contribution is 2.46. The Morgan fingerprint density at radius 3 is 2.70 bits per heavy atom. The van der Waals surface area contributed by atoms with E-state index in [0.717, 1.165) is 12.0 Å². The number of rotatable bonds is 5. The minimum Gasteiger partial charge on any atom is -0.493 e. The SMILES string of the molecule is CC(C)(CC(O)(Cn1ccc(=O)c2ccsc21)C(F)(F)F)c1cccc2c1OCC2. The van der Waals surface area contributed by atoms with Crippen LogP contribution in [0.2, 0.25) is 0 Å². The quantitative estimate of drug-likeness (QED) is 0.632. The summed E-state index contributed by atoms with van der Waals surface area (Å²) in [6.07, 6.45) is -3.39. The molecule has 0 bridgehead atoms. The Morgan fingerprint density at radius 2 is 1.97 bits per heavy atom. The van der Waals surface area contributed by atoms with Gasteiger partial charge in [-0.25, -0.2) is 0 Å². The van der Waals surface area contributed by atoms with Gasteiger partial charge in [-0.1, -0.05) is 32.0 Å². The smallest absolute Gasteiger partial charge is 0.418 e. The van der Waals surface area contributed by atoms with E-state index in [9.17, 15) is 23.1 Å². The van der Waals surface area contributed by atoms with Gasteiger partial charge in [0.05, 0.1) is 18.5 Å². The summed E-state index contributed by atoms with van der Waals surface area (Å²) >= 11 is 1.17. The van der Waals surface area contributed by atoms with Gasteiger partial charge in [-0.15, -0.1) is 11.3 Å². The summed E-state index contributed by atoms with van der Waals surface area (Å²) in [5.74, 6) is 0.621. The molecule has 0 amide bonds. The maximum Gasteiger partial charge on any atom is 0.418 e. The Morgan fingerprint density at radius 1 is 1.20 bits per heavy atom. The van der Waals surface area contributed by atoms with Crippen LogP contribution < -0.4 is 10.2 Å². The molecule has 4 nitrogen and oxygen atoms in total. The van der Waals surface area contributed by atoms with Crippen molar-refractivity contribution in [1.82, 2.24) is 4.57 Å². The topological polar surface area (TPSA) is 51.5 Å². The molecule has 0 radical (unpaired) electrons. The van der Waals surface area contributed by atoms with E-state index in [4.69, 9.17) is 4.74 Å². The number of fused-ring (bicyclic) bond motifs is 2. The molecule has 2 aromatic heterocycles. The average Bonchev–Trinajstić information content (AvgIpc) is 3.31. The molecular formula is C22H22F3NO3S. The molecule has 3 aromatic rings. The third kappa shape index (κ3) is 3.52. The zero-order chi connectivity index (χ0) is 21.7. The maximum atomic E-state index is 14.2. The van der Waals surface area contributed by atoms with E-state index in [1.807, 2.05) is 12.1 Å². The number of aliphatic hydroxyl groups is 1. The molecular weight excluding hydrogens is 415 g/mol. The number of alkyl halides is 3. The lowest BCUT2D eigenvalue weighted by Gasteiger charge is -2.38. The van der Waals surface area contributed by atoms with Crippen molar-refractivity contribution in [2.45, 2.75) is 50.4 Å². The molecule has 8 heteroatoms. The Hall–Kier alpha value is -2.32. The summed E-state index contributed by atoms with van der Waals surface area (Å²) < 4.78 is 49.5. The highest BCUT2D eigenvalue weighted by Gasteiger charge is 2.56. The molecule has 1 N–H and O–H groups in total. The van der Waals surface area contributed by atoms with E-state index in [2.05, 4.69) is 0 Å². The van der Waals surface area contributed by atoms with Crippen molar-refractivity contribution in [1.29, 1.82) is 0 Å². The minimum atomic E-state index is -4.87. The van der Waals surface area contributed by atoms with Gasteiger partial charge in [-0.3, -0.25) is 4.79 Å². The van der Waals surface area contributed by atoms with E-state index in [1.165, 1.54) is 28.2 Å². The second-order valence-corrected chi connectivity index (χ2v) is 9.32. The van der Waals surface area contributed by atoms with E-state index >= 15 is 0 Å². The molecule has 160 valence electrons. The van der Waals surface area contributed by atoms with Gasteiger partial charge in [0.25, 0.3) is 0 Å². The Balaban J connectivity index is 1.74. The highest BCUT2D eigenvalue weighted by molar-refractivity contribution is 7.16. The van der Waals surface area contributed by atoms with Crippen molar-refractivity contribution in [3.8, 4) is 5.75 Å². The highest BCUT2D eigenvalue weighted by atomic mass is 32.1. The van der Waals surface area contributed by atoms with Gasteiger partial charge in [0.15, 0.2) is 11.0 Å². The van der Waals surface area contributed by atoms with Crippen LogP contribution in [-0.2, 0) is 18.4 Å². The second kappa shape index (κ2) is 7.13. The van der Waals surface area contributed by atoms with Gasteiger partial charge in [0.1, 0.15) is 10.6 Å². The molecule has 0 saturated carbocycles. The van der Waals surface area contributed by atoms with Crippen LogP contribution >= 0.6 is 11.3 Å². The van der Waals surface area contributed by atoms with Crippen LogP contribution in [0, 0.1) is 0 Å². The minimum absolute atomic E-state index is 0.254. The summed E-state index contributed by atoms with van der Waals surface area (Å²) in [5.41, 5.74) is -2.63. The van der Waals surface area contributed by atoms with Crippen LogP contribution in [0.4, 0.5) is 13.2 Å². The molecule has 1 unspecified atom stereocenters. The molecule has 1 aliphatic rings. The first-order valence-electron chi connectivity index (χ1n) is 9.63. The maximum absolute atomic E-state index is 14.2. The van der Waals surface area contributed by atoms with Gasteiger partial charge in [-0.05, 0) is 28.8 Å². The van der Waals surface area contributed by atoms with Crippen LogP contribution in [0.3, 0.4) is 0 Å². The number of nitrogens with zero attached hydrogens (tertiary/aromatic N) is 1. The van der Waals surface area contributed by atoms with E-state index in [-0.39, 0.29) is 5.43 Å². The third-order valence-electron chi connectivity index (χ3n) is 5.71. The van der Waals surface area contributed by atoms with Crippen molar-refractivity contribution in [2.75, 3.05) is 6.61 Å². The fourth-order valence-corrected chi connectivity index (χ4v) is 5.14. The van der Waals surface area contributed by atoms with E-state index < -0.39 is 30.2 Å². The first-order valence-corrected chi connectivity index (χ1v) is 10.5. The molecule has 3 heterocycles. The number of hydrogen-bond acceptors (Lipinski definition) is 4. The van der Waals surface area contributed by atoms with Gasteiger partial charge >= 0.3 is 6.18 Å². The van der Waals surface area contributed by atoms with E-state index in [0.29, 0.717) is 28.1 Å². The van der Waals surface area contributed by atoms with Crippen molar-refractivity contribution in [3.05, 3.63) is 63.3 Å². The summed E-state index contributed by atoms with van der Waals surface area (Å²) in [4.78, 5) is 12.4. The first-order chi connectivity index (χ1) is 14.0. The third-order valence-corrected chi connectivity index (χ3v) is 6.66. The first kappa shape index (κ1) is 20.9. The lowest BCUT2D eigenvalue weighted by atomic mass is 9.74. The van der Waals surface area contributed by atoms with Gasteiger partial charge in [0, 0.05) is 24.2 Å². The van der Waals surface area contributed by atoms with Crippen LogP contribution in [0.1, 0.15) is 31.4 Å². The molecule has 0 spiro atoms. The van der Waals surface area contributed by atoms with Crippen molar-refractivity contribution in [2.24, 2.45) is 0 Å². The molecule has 0 fully saturated rings. The fourth-order valence-electron chi connectivity index (χ4n) is 4.25. The largest absolute Gasteiger partial charge is 0.493 e. The van der Waals surface area contributed by atoms with Gasteiger partial charge < -0.3 is 14.4 Å². The van der Waals surface area contributed by atoms with E-state index in [1.54, 1.807) is 31.4 Å². The second-order valence-electron chi connectivity index (χ2n) is 8.43. The van der Waals surface area contributed by atoms with Gasteiger partial charge in [0.2, 0.25) is 0 Å². The van der Waals surface area contributed by atoms with Crippen LogP contribution in [0.15, 0.2) is 46.7 Å². The monoisotopic (exact) mass is 437 g/mol. The zero-order valence-electron chi connectivity index (χ0n) is 16.6. The van der Waals surface area contributed by atoms with Crippen molar-refractivity contribution >= 4 is 21.6 Å². The summed E-state index contributed by atoms with van der Waals surface area (Å²) in [6.45, 7) is 3.17. The normalized spacial score (nSPS) is 16.3. The summed E-state index contributed by atoms with van der Waals surface area (Å²) in [6, 6.07) is 8.30. The Kier molecular flexibility index (Phi) is 4.97. The number of thiophene rings is 1. The van der Waals surface area contributed by atoms with Crippen molar-refractivity contribution < 1.29 is 23.0 Å². The molecule has 1 aromatic carbocycles. The lowest BCUT2D eigenvalue weighted by molar-refractivity contribution is -0.271. The number of aromatic nitrogens is 1. The summed E-state index contributed by atoms with van der Waals surface area (Å²) in [5, 5.41) is 13.0. The Bertz CT molecular complexity index is 1150. The average molecular weight is 437 g/mol. The van der Waals surface area contributed by atoms with Crippen molar-refractivity contribution in [3.63, 3.8) is 0 Å². The molecule has 0 saturated heterocycles. The number of ether oxygens (including phenoxy) is 1. The number of benzene rings is 1. The number of hydrogen-bond donors (Lipinski definition) is 1. The van der Waals surface area contributed by atoms with Crippen LogP contribution in [-0.4, -0.2) is 28.1 Å². The molecule has 1 atom stereocenters. The number of para-hydroxylation sites is 1. The Labute approximate surface area is 175 Å². The number of halogens is 3. The van der Waals surface area contributed by atoms with Crippen LogP contribution in [0.25, 0.3) is 10.2 Å². The predicted molar refractivity (Wildman–Crippen MR) is 110 cm³/mol. The molecule has 1 aliphatic heterocycles. The van der Waals surface area contributed by atoms with Crippen LogP contribution in [0.5, 0.6) is 5.75 Å². The molecule has 30 heavy (non-hydrogen) atoms. The van der Waals surface area contributed by atoms with Gasteiger partial charge in [-0.2, -0.15) is 13.2 Å². The molecule has 4 rings (SSSR count). The summed E-state index contributed by atoms with van der Waals surface area (Å²) in [7, 11) is 0. The number of pyridine rings is 1. The standard InChI is InChI=1S/C22H22F3NO3S/c1-20(2,16-5-3-4-14-7-10-29-18(14)16)12-21(28,22(23,24)25)13-26-9-6-17(27)15-8-11-30-19(15)26/h3-6,8-9,11,28H,7,10,12-13H2,1-2H3. The lowest BCUT2D eigenvalue weighted by Crippen LogP contribution is -2.52. The predicted octanol–water partition coefficient (Wildman–Crippen LogP) is 4.66. The fraction of sp³-hybridized carbons (Fsp3) is 0.409.